The molecule has 14 heteroatoms. The Balaban J connectivity index is 0.000000446. The fourth-order valence-corrected chi connectivity index (χ4v) is 3.62. The zero-order valence-corrected chi connectivity index (χ0v) is 24.1. The molecule has 1 aromatic heterocycles. The van der Waals surface area contributed by atoms with Gasteiger partial charge in [0, 0.05) is 12.1 Å². The smallest absolute Gasteiger partial charge is 0.269 e. The van der Waals surface area contributed by atoms with Crippen LogP contribution in [0.15, 0.2) is 72.1 Å². The number of aromatic nitrogens is 2. The van der Waals surface area contributed by atoms with Crippen LogP contribution in [0.5, 0.6) is 5.75 Å². The van der Waals surface area contributed by atoms with Crippen LogP contribution in [0.25, 0.3) is 0 Å². The molecule has 2 aromatic carbocycles. The molecule has 0 spiro atoms. The number of ether oxygens (including phenoxy) is 5. The van der Waals surface area contributed by atoms with Gasteiger partial charge in [0.15, 0.2) is 0 Å². The number of nitro groups is 1. The van der Waals surface area contributed by atoms with Gasteiger partial charge in [-0.05, 0) is 31.2 Å². The van der Waals surface area contributed by atoms with E-state index in [-0.39, 0.29) is 10.6 Å². The van der Waals surface area contributed by atoms with Gasteiger partial charge in [-0.25, -0.2) is 17.6 Å². The Kier molecular flexibility index (Phi) is 15.5. The molecule has 3 aromatic rings. The van der Waals surface area contributed by atoms with E-state index in [1.165, 1.54) is 24.3 Å². The van der Waals surface area contributed by atoms with Crippen LogP contribution in [0.4, 0.5) is 5.69 Å². The van der Waals surface area contributed by atoms with Crippen molar-refractivity contribution < 1.29 is 46.1 Å². The van der Waals surface area contributed by atoms with Crippen molar-refractivity contribution in [3.05, 3.63) is 82.9 Å². The molecule has 0 saturated heterocycles. The van der Waals surface area contributed by atoms with E-state index in [9.17, 15) is 23.1 Å². The molecule has 0 fully saturated rings. The average molecular weight is 596 g/mol. The summed E-state index contributed by atoms with van der Waals surface area (Å²) in [5.41, 5.74) is 0.965. The number of aryl methyl sites for hydroxylation is 2. The maximum atomic E-state index is 10.6. The Labute approximate surface area is 240 Å². The molecule has 0 bridgehead atoms. The maximum absolute atomic E-state index is 10.6. The summed E-state index contributed by atoms with van der Waals surface area (Å²) in [4.78, 5) is 9.95. The standard InChI is InChI=1S/C20H30N3O7.C7H8O3S/c1-21-6-7-22(18-21)8-9-26-10-11-27-12-13-28-14-15-29-16-17-30-20-4-2-19(3-5-20)23(24)25;1-6-2-4-7(5-3-6)11(8,9)10/h2-7,18H,8-17H2,1H3;2-5H,1H3,(H,8,9,10)/q+1;/p-1. The van der Waals surface area contributed by atoms with Gasteiger partial charge >= 0.3 is 0 Å². The highest BCUT2D eigenvalue weighted by molar-refractivity contribution is 7.85. The molecule has 0 N–H and O–H groups in total. The van der Waals surface area contributed by atoms with Crippen molar-refractivity contribution in [1.82, 2.24) is 4.57 Å². The molecule has 0 amide bonds. The zero-order chi connectivity index (χ0) is 29.9. The second-order valence-electron chi connectivity index (χ2n) is 8.63. The first-order valence-corrected chi connectivity index (χ1v) is 14.3. The van der Waals surface area contributed by atoms with E-state index >= 15 is 0 Å². The molecular weight excluding hydrogens is 558 g/mol. The van der Waals surface area contributed by atoms with Crippen molar-refractivity contribution >= 4 is 15.8 Å². The minimum atomic E-state index is -4.27. The summed E-state index contributed by atoms with van der Waals surface area (Å²) < 4.78 is 62.5. The number of hydrogen-bond acceptors (Lipinski definition) is 10. The summed E-state index contributed by atoms with van der Waals surface area (Å²) in [6, 6.07) is 11.7. The van der Waals surface area contributed by atoms with E-state index in [0.717, 1.165) is 12.1 Å². The van der Waals surface area contributed by atoms with Gasteiger partial charge < -0.3 is 28.2 Å². The fraction of sp³-hybridized carbons (Fsp3) is 0.444. The van der Waals surface area contributed by atoms with Crippen molar-refractivity contribution in [1.29, 1.82) is 0 Å². The number of nitro benzene ring substituents is 1. The van der Waals surface area contributed by atoms with Crippen LogP contribution in [0.3, 0.4) is 0 Å². The molecule has 0 aliphatic carbocycles. The molecule has 41 heavy (non-hydrogen) atoms. The van der Waals surface area contributed by atoms with Gasteiger partial charge in [0.25, 0.3) is 5.69 Å². The van der Waals surface area contributed by atoms with Crippen LogP contribution in [-0.2, 0) is 42.7 Å². The summed E-state index contributed by atoms with van der Waals surface area (Å²) in [7, 11) is -2.29. The quantitative estimate of drug-likeness (QED) is 0.0703. The number of benzene rings is 2. The number of nitrogens with zero attached hydrogens (tertiary/aromatic N) is 3. The average Bonchev–Trinajstić information content (AvgIpc) is 3.36. The minimum absolute atomic E-state index is 0.0365. The predicted octanol–water partition coefficient (Wildman–Crippen LogP) is 2.27. The third kappa shape index (κ3) is 15.3. The summed E-state index contributed by atoms with van der Waals surface area (Å²) >= 11 is 0. The molecule has 0 radical (unpaired) electrons. The highest BCUT2D eigenvalue weighted by Gasteiger charge is 2.04. The lowest BCUT2D eigenvalue weighted by Crippen LogP contribution is -2.24. The highest BCUT2D eigenvalue weighted by Crippen LogP contribution is 2.17. The van der Waals surface area contributed by atoms with E-state index in [2.05, 4.69) is 4.57 Å². The second kappa shape index (κ2) is 18.9. The summed E-state index contributed by atoms with van der Waals surface area (Å²) in [6.07, 6.45) is 6.00. The Bertz CT molecular complexity index is 1250. The lowest BCUT2D eigenvalue weighted by atomic mass is 10.2. The Morgan fingerprint density at radius 2 is 1.32 bits per heavy atom. The van der Waals surface area contributed by atoms with Crippen molar-refractivity contribution in [2.45, 2.75) is 18.4 Å². The maximum Gasteiger partial charge on any atom is 0.269 e. The zero-order valence-electron chi connectivity index (χ0n) is 23.3. The first-order valence-electron chi connectivity index (χ1n) is 12.9. The topological polar surface area (TPSA) is 155 Å². The van der Waals surface area contributed by atoms with Gasteiger partial charge in [-0.1, -0.05) is 17.7 Å². The Hall–Kier alpha value is -3.40. The molecule has 226 valence electrons. The largest absolute Gasteiger partial charge is 0.744 e. The normalized spacial score (nSPS) is 11.1. The molecule has 0 saturated carbocycles. The van der Waals surface area contributed by atoms with Crippen LogP contribution in [0.2, 0.25) is 0 Å². The molecule has 1 heterocycles. The van der Waals surface area contributed by atoms with Gasteiger partial charge in [-0.2, -0.15) is 0 Å². The molecule has 3 rings (SSSR count). The molecule has 13 nitrogen and oxygen atoms in total. The Morgan fingerprint density at radius 3 is 1.78 bits per heavy atom. The van der Waals surface area contributed by atoms with Crippen LogP contribution in [-0.4, -0.2) is 81.9 Å². The van der Waals surface area contributed by atoms with Gasteiger partial charge in [-0.3, -0.25) is 10.1 Å². The SMILES string of the molecule is C[n+]1ccn(CCOCCOCCOCCOCCOc2ccc([N+](=O)[O-])cc2)c1.Cc1ccc(S(=O)(=O)[O-])cc1. The van der Waals surface area contributed by atoms with Crippen LogP contribution < -0.4 is 9.30 Å². The molecule has 0 unspecified atom stereocenters. The lowest BCUT2D eigenvalue weighted by Gasteiger charge is -2.08. The predicted molar refractivity (Wildman–Crippen MR) is 147 cm³/mol. The lowest BCUT2D eigenvalue weighted by molar-refractivity contribution is -0.671. The highest BCUT2D eigenvalue weighted by atomic mass is 32.2. The van der Waals surface area contributed by atoms with Crippen LogP contribution in [0, 0.1) is 17.0 Å². The molecule has 0 aliphatic heterocycles. The third-order valence-electron chi connectivity index (χ3n) is 5.29. The first-order chi connectivity index (χ1) is 19.6. The van der Waals surface area contributed by atoms with Crippen molar-refractivity contribution in [3.8, 4) is 5.75 Å². The Morgan fingerprint density at radius 1 is 0.805 bits per heavy atom. The monoisotopic (exact) mass is 595 g/mol. The number of non-ortho nitro benzene ring substituents is 1. The van der Waals surface area contributed by atoms with Crippen molar-refractivity contribution in [2.24, 2.45) is 7.05 Å². The van der Waals surface area contributed by atoms with E-state index in [0.29, 0.717) is 65.2 Å². The number of rotatable bonds is 18. The molecular formula is C27H37N3O10S. The fourth-order valence-electron chi connectivity index (χ4n) is 3.15. The van der Waals surface area contributed by atoms with E-state index in [4.69, 9.17) is 23.7 Å². The van der Waals surface area contributed by atoms with Crippen LogP contribution in [0.1, 0.15) is 5.56 Å². The van der Waals surface area contributed by atoms with Gasteiger partial charge in [0.05, 0.1) is 69.7 Å². The van der Waals surface area contributed by atoms with E-state index < -0.39 is 15.0 Å². The third-order valence-corrected chi connectivity index (χ3v) is 6.14. The van der Waals surface area contributed by atoms with Crippen molar-refractivity contribution in [3.63, 3.8) is 0 Å². The number of hydrogen-bond donors (Lipinski definition) is 0. The van der Waals surface area contributed by atoms with Gasteiger partial charge in [0.2, 0.25) is 6.33 Å². The van der Waals surface area contributed by atoms with Gasteiger partial charge in [0.1, 0.15) is 41.4 Å². The first kappa shape index (κ1) is 33.8. The summed E-state index contributed by atoms with van der Waals surface area (Å²) in [5, 5.41) is 10.6. The van der Waals surface area contributed by atoms with E-state index in [1.807, 2.05) is 37.3 Å². The second-order valence-corrected chi connectivity index (χ2v) is 10.0. The van der Waals surface area contributed by atoms with Gasteiger partial charge in [-0.15, -0.1) is 0 Å². The van der Waals surface area contributed by atoms with Crippen LogP contribution >= 0.6 is 0 Å². The number of imidazole rings is 1. The van der Waals surface area contributed by atoms with E-state index in [1.54, 1.807) is 24.3 Å². The molecule has 0 atom stereocenters. The van der Waals surface area contributed by atoms with Crippen molar-refractivity contribution in [2.75, 3.05) is 59.5 Å². The summed E-state index contributed by atoms with van der Waals surface area (Å²) in [5.74, 6) is 0.570. The molecule has 0 aliphatic rings. The minimum Gasteiger partial charge on any atom is -0.744 e. The summed E-state index contributed by atoms with van der Waals surface area (Å²) in [6.45, 7) is 7.13.